The number of para-hydroxylation sites is 1. The number of hydrogen-bond donors (Lipinski definition) is 2. The van der Waals surface area contributed by atoms with Crippen LogP contribution in [0.3, 0.4) is 0 Å². The van der Waals surface area contributed by atoms with Crippen molar-refractivity contribution in [3.05, 3.63) is 59.6 Å². The number of benzene rings is 2. The predicted octanol–water partition coefficient (Wildman–Crippen LogP) is 4.09. The van der Waals surface area contributed by atoms with Gasteiger partial charge in [-0.05, 0) is 55.5 Å². The molecule has 110 valence electrons. The number of anilines is 1. The number of hydrogen-bond acceptors (Lipinski definition) is 2. The molecule has 0 aliphatic rings. The summed E-state index contributed by atoms with van der Waals surface area (Å²) in [5.41, 5.74) is 0.896. The molecule has 0 spiro atoms. The van der Waals surface area contributed by atoms with Crippen molar-refractivity contribution in [3.63, 3.8) is 0 Å². The van der Waals surface area contributed by atoms with Crippen LogP contribution < -0.4 is 15.4 Å². The quantitative estimate of drug-likeness (QED) is 0.813. The summed E-state index contributed by atoms with van der Waals surface area (Å²) in [5, 5.41) is 7.54. The monoisotopic (exact) mass is 320 g/mol. The van der Waals surface area contributed by atoms with Gasteiger partial charge in [-0.15, -0.1) is 0 Å². The van der Waals surface area contributed by atoms with Gasteiger partial charge in [0.25, 0.3) is 0 Å². The van der Waals surface area contributed by atoms with E-state index in [0.717, 1.165) is 11.4 Å². The molecule has 5 heteroatoms. The van der Waals surface area contributed by atoms with E-state index in [1.807, 2.05) is 61.5 Å². The van der Waals surface area contributed by atoms with E-state index in [2.05, 4.69) is 10.6 Å². The Bertz CT molecular complexity index is 575. The summed E-state index contributed by atoms with van der Waals surface area (Å²) in [6.45, 7) is 2.55. The molecule has 21 heavy (non-hydrogen) atoms. The molecule has 3 nitrogen and oxygen atoms in total. The predicted molar refractivity (Wildman–Crippen MR) is 92.2 cm³/mol. The second kappa shape index (κ2) is 7.86. The molecule has 2 N–H and O–H groups in total. The largest absolute Gasteiger partial charge is 0.491 e. The van der Waals surface area contributed by atoms with Crippen LogP contribution in [0.2, 0.25) is 5.02 Å². The zero-order chi connectivity index (χ0) is 15.1. The second-order valence-corrected chi connectivity index (χ2v) is 5.48. The van der Waals surface area contributed by atoms with Gasteiger partial charge in [-0.1, -0.05) is 29.8 Å². The minimum Gasteiger partial charge on any atom is -0.491 e. The Morgan fingerprint density at radius 2 is 1.81 bits per heavy atom. The Labute approximate surface area is 135 Å². The first-order valence-electron chi connectivity index (χ1n) is 6.64. The average Bonchev–Trinajstić information content (AvgIpc) is 2.48. The van der Waals surface area contributed by atoms with E-state index in [9.17, 15) is 0 Å². The van der Waals surface area contributed by atoms with Crippen LogP contribution in [-0.4, -0.2) is 17.8 Å². The van der Waals surface area contributed by atoms with Crippen molar-refractivity contribution in [2.45, 2.75) is 13.0 Å². The van der Waals surface area contributed by atoms with Crippen LogP contribution in [0.5, 0.6) is 5.75 Å². The van der Waals surface area contributed by atoms with Crippen LogP contribution >= 0.6 is 23.8 Å². The van der Waals surface area contributed by atoms with Gasteiger partial charge in [0.2, 0.25) is 0 Å². The molecular weight excluding hydrogens is 304 g/mol. The lowest BCUT2D eigenvalue weighted by Gasteiger charge is -2.17. The summed E-state index contributed by atoms with van der Waals surface area (Å²) in [6.07, 6.45) is 0. The number of halogens is 1. The van der Waals surface area contributed by atoms with Gasteiger partial charge in [-0.2, -0.15) is 0 Å². The van der Waals surface area contributed by atoms with Gasteiger partial charge in [-0.25, -0.2) is 0 Å². The van der Waals surface area contributed by atoms with Gasteiger partial charge in [0, 0.05) is 10.7 Å². The first kappa shape index (κ1) is 15.6. The van der Waals surface area contributed by atoms with Crippen LogP contribution in [-0.2, 0) is 0 Å². The lowest BCUT2D eigenvalue weighted by Crippen LogP contribution is -2.39. The van der Waals surface area contributed by atoms with E-state index >= 15 is 0 Å². The van der Waals surface area contributed by atoms with Gasteiger partial charge < -0.3 is 15.4 Å². The maximum atomic E-state index is 5.84. The van der Waals surface area contributed by atoms with E-state index < -0.39 is 0 Å². The van der Waals surface area contributed by atoms with Gasteiger partial charge in [0.1, 0.15) is 12.4 Å². The summed E-state index contributed by atoms with van der Waals surface area (Å²) in [6, 6.07) is 17.2. The highest BCUT2D eigenvalue weighted by Gasteiger charge is 2.05. The second-order valence-electron chi connectivity index (χ2n) is 4.63. The molecule has 0 amide bonds. The molecule has 0 radical (unpaired) electrons. The highest BCUT2D eigenvalue weighted by atomic mass is 35.5. The fourth-order valence-corrected chi connectivity index (χ4v) is 2.15. The molecule has 0 aromatic heterocycles. The molecule has 2 aromatic rings. The Morgan fingerprint density at radius 3 is 2.48 bits per heavy atom. The smallest absolute Gasteiger partial charge is 0.171 e. The zero-order valence-electron chi connectivity index (χ0n) is 11.7. The van der Waals surface area contributed by atoms with Crippen molar-refractivity contribution >= 4 is 34.6 Å². The molecule has 0 fully saturated rings. The Balaban J connectivity index is 1.75. The zero-order valence-corrected chi connectivity index (χ0v) is 13.2. The average molecular weight is 321 g/mol. The van der Waals surface area contributed by atoms with E-state index in [1.165, 1.54) is 0 Å². The fraction of sp³-hybridized carbons (Fsp3) is 0.188. The van der Waals surface area contributed by atoms with Crippen molar-refractivity contribution in [1.29, 1.82) is 0 Å². The number of thiocarbonyl (C=S) groups is 1. The molecule has 0 saturated carbocycles. The summed E-state index contributed by atoms with van der Waals surface area (Å²) >= 11 is 11.1. The molecule has 1 atom stereocenters. The Hall–Kier alpha value is -1.78. The van der Waals surface area contributed by atoms with Crippen molar-refractivity contribution in [3.8, 4) is 5.75 Å². The van der Waals surface area contributed by atoms with E-state index in [-0.39, 0.29) is 6.04 Å². The maximum Gasteiger partial charge on any atom is 0.171 e. The molecule has 0 aliphatic carbocycles. The Morgan fingerprint density at radius 1 is 1.14 bits per heavy atom. The van der Waals surface area contributed by atoms with Crippen LogP contribution in [0.25, 0.3) is 0 Å². The van der Waals surface area contributed by atoms with E-state index in [0.29, 0.717) is 16.7 Å². The summed E-state index contributed by atoms with van der Waals surface area (Å²) in [4.78, 5) is 0. The van der Waals surface area contributed by atoms with Gasteiger partial charge in [0.15, 0.2) is 5.11 Å². The normalized spacial score (nSPS) is 11.5. The van der Waals surface area contributed by atoms with Gasteiger partial charge >= 0.3 is 0 Å². The lowest BCUT2D eigenvalue weighted by atomic mass is 10.3. The Kier molecular flexibility index (Phi) is 5.84. The summed E-state index contributed by atoms with van der Waals surface area (Å²) in [5.74, 6) is 0.850. The fourth-order valence-electron chi connectivity index (χ4n) is 1.70. The highest BCUT2D eigenvalue weighted by molar-refractivity contribution is 7.80. The number of ether oxygens (including phenoxy) is 1. The summed E-state index contributed by atoms with van der Waals surface area (Å²) < 4.78 is 5.67. The van der Waals surface area contributed by atoms with Crippen molar-refractivity contribution < 1.29 is 4.74 Å². The van der Waals surface area contributed by atoms with E-state index in [4.69, 9.17) is 28.6 Å². The molecule has 0 heterocycles. The molecule has 0 aliphatic heterocycles. The lowest BCUT2D eigenvalue weighted by molar-refractivity contribution is 0.287. The van der Waals surface area contributed by atoms with Crippen LogP contribution in [0.4, 0.5) is 5.69 Å². The standard InChI is InChI=1S/C16H17ClN2OS/c1-12(11-20-15-5-3-2-4-6-15)18-16(21)19-14-9-7-13(17)8-10-14/h2-10,12H,11H2,1H3,(H2,18,19,21)/t12-/m0/s1. The molecule has 2 rings (SSSR count). The minimum absolute atomic E-state index is 0.0949. The van der Waals surface area contributed by atoms with Crippen molar-refractivity contribution in [2.24, 2.45) is 0 Å². The maximum absolute atomic E-state index is 5.84. The van der Waals surface area contributed by atoms with Crippen molar-refractivity contribution in [1.82, 2.24) is 5.32 Å². The highest BCUT2D eigenvalue weighted by Crippen LogP contribution is 2.13. The summed E-state index contributed by atoms with van der Waals surface area (Å²) in [7, 11) is 0. The third-order valence-corrected chi connectivity index (χ3v) is 3.19. The number of nitrogens with one attached hydrogen (secondary N) is 2. The topological polar surface area (TPSA) is 33.3 Å². The van der Waals surface area contributed by atoms with Gasteiger partial charge in [-0.3, -0.25) is 0 Å². The van der Waals surface area contributed by atoms with Crippen LogP contribution in [0.1, 0.15) is 6.92 Å². The van der Waals surface area contributed by atoms with Gasteiger partial charge in [0.05, 0.1) is 6.04 Å². The van der Waals surface area contributed by atoms with Crippen LogP contribution in [0, 0.1) is 0 Å². The third kappa shape index (κ3) is 5.61. The minimum atomic E-state index is 0.0949. The first-order valence-corrected chi connectivity index (χ1v) is 7.43. The first-order chi connectivity index (χ1) is 10.1. The van der Waals surface area contributed by atoms with Crippen LogP contribution in [0.15, 0.2) is 54.6 Å². The number of rotatable bonds is 5. The SMILES string of the molecule is C[C@@H](COc1ccccc1)NC(=S)Nc1ccc(Cl)cc1. The molecule has 2 aromatic carbocycles. The molecular formula is C16H17ClN2OS. The molecule has 0 unspecified atom stereocenters. The van der Waals surface area contributed by atoms with E-state index in [1.54, 1.807) is 0 Å². The molecule has 0 bridgehead atoms. The van der Waals surface area contributed by atoms with Crippen molar-refractivity contribution in [2.75, 3.05) is 11.9 Å². The third-order valence-electron chi connectivity index (χ3n) is 2.72. The molecule has 0 saturated heterocycles.